The number of carbonyl (C=O) groups excluding carboxylic acids is 2. The summed E-state index contributed by atoms with van der Waals surface area (Å²) in [5.74, 6) is 0. The number of anilines is 1. The maximum absolute atomic E-state index is 12.2. The average Bonchev–Trinajstić information content (AvgIpc) is 2.80. The molecular formula is C26H33N3O4. The van der Waals surface area contributed by atoms with E-state index in [1.54, 1.807) is 4.90 Å². The Balaban J connectivity index is 1.38. The molecule has 7 heteroatoms. The third kappa shape index (κ3) is 8.18. The zero-order chi connectivity index (χ0) is 23.7. The molecule has 1 saturated heterocycles. The molecule has 1 N–H and O–H groups in total. The smallest absolute Gasteiger partial charge is 0.410 e. The minimum atomic E-state index is -0.477. The molecule has 33 heavy (non-hydrogen) atoms. The highest BCUT2D eigenvalue weighted by Gasteiger charge is 2.25. The number of ether oxygens (including phenoxy) is 2. The predicted molar refractivity (Wildman–Crippen MR) is 130 cm³/mol. The standard InChI is InChI=1S/C26H33N3O4/c1-26(2,3)33-25(31)29-18-16-28(17-19-29)23-13-11-21(12-14-23)10-7-15-27-24(30)32-20-22-8-5-4-6-9-22/h4-14H,15-20H2,1-3H3,(H,27,30). The fourth-order valence-electron chi connectivity index (χ4n) is 3.38. The lowest BCUT2D eigenvalue weighted by Crippen LogP contribution is -2.50. The van der Waals surface area contributed by atoms with Gasteiger partial charge in [-0.05, 0) is 44.0 Å². The van der Waals surface area contributed by atoms with Crippen LogP contribution in [0.15, 0.2) is 60.7 Å². The molecule has 2 amide bonds. The minimum absolute atomic E-state index is 0.250. The summed E-state index contributed by atoms with van der Waals surface area (Å²) < 4.78 is 10.6. The van der Waals surface area contributed by atoms with Gasteiger partial charge in [0.05, 0.1) is 0 Å². The highest BCUT2D eigenvalue weighted by molar-refractivity contribution is 5.69. The number of amides is 2. The lowest BCUT2D eigenvalue weighted by Gasteiger charge is -2.36. The van der Waals surface area contributed by atoms with E-state index in [0.717, 1.165) is 29.9 Å². The second kappa shape index (κ2) is 11.4. The molecule has 0 saturated carbocycles. The van der Waals surface area contributed by atoms with Gasteiger partial charge in [-0.1, -0.05) is 54.6 Å². The van der Waals surface area contributed by atoms with Crippen LogP contribution in [0.3, 0.4) is 0 Å². The monoisotopic (exact) mass is 451 g/mol. The maximum Gasteiger partial charge on any atom is 0.410 e. The van der Waals surface area contributed by atoms with Gasteiger partial charge >= 0.3 is 12.2 Å². The Kier molecular flexibility index (Phi) is 8.35. The number of benzene rings is 2. The van der Waals surface area contributed by atoms with E-state index in [2.05, 4.69) is 22.3 Å². The van der Waals surface area contributed by atoms with Crippen LogP contribution in [0, 0.1) is 0 Å². The van der Waals surface area contributed by atoms with Crippen LogP contribution in [0.2, 0.25) is 0 Å². The van der Waals surface area contributed by atoms with Crippen molar-refractivity contribution in [2.45, 2.75) is 33.0 Å². The van der Waals surface area contributed by atoms with Gasteiger partial charge in [-0.15, -0.1) is 0 Å². The van der Waals surface area contributed by atoms with Crippen LogP contribution in [0.25, 0.3) is 6.08 Å². The highest BCUT2D eigenvalue weighted by atomic mass is 16.6. The molecule has 0 radical (unpaired) electrons. The second-order valence-electron chi connectivity index (χ2n) is 8.89. The molecular weight excluding hydrogens is 418 g/mol. The van der Waals surface area contributed by atoms with Gasteiger partial charge in [-0.3, -0.25) is 0 Å². The molecule has 176 valence electrons. The summed E-state index contributed by atoms with van der Waals surface area (Å²) in [6, 6.07) is 17.8. The van der Waals surface area contributed by atoms with Crippen molar-refractivity contribution in [1.29, 1.82) is 0 Å². The Labute approximate surface area is 196 Å². The molecule has 3 rings (SSSR count). The summed E-state index contributed by atoms with van der Waals surface area (Å²) in [6.45, 7) is 9.10. The third-order valence-electron chi connectivity index (χ3n) is 5.08. The van der Waals surface area contributed by atoms with Crippen molar-refractivity contribution in [3.05, 3.63) is 71.8 Å². The first-order valence-corrected chi connectivity index (χ1v) is 11.2. The average molecular weight is 452 g/mol. The van der Waals surface area contributed by atoms with E-state index in [4.69, 9.17) is 9.47 Å². The van der Waals surface area contributed by atoms with Crippen molar-refractivity contribution in [3.8, 4) is 0 Å². The molecule has 2 aromatic carbocycles. The lowest BCUT2D eigenvalue weighted by molar-refractivity contribution is 0.0240. The van der Waals surface area contributed by atoms with Gasteiger partial charge in [0.15, 0.2) is 0 Å². The van der Waals surface area contributed by atoms with Gasteiger partial charge in [0, 0.05) is 38.4 Å². The van der Waals surface area contributed by atoms with Crippen LogP contribution in [-0.2, 0) is 16.1 Å². The SMILES string of the molecule is CC(C)(C)OC(=O)N1CCN(c2ccc(C=CCNC(=O)OCc3ccccc3)cc2)CC1. The van der Waals surface area contributed by atoms with Crippen molar-refractivity contribution in [2.75, 3.05) is 37.6 Å². The number of hydrogen-bond acceptors (Lipinski definition) is 5. The van der Waals surface area contributed by atoms with Gasteiger partial charge < -0.3 is 24.6 Å². The number of hydrogen-bond donors (Lipinski definition) is 1. The zero-order valence-corrected chi connectivity index (χ0v) is 19.6. The molecule has 0 aliphatic carbocycles. The normalized spacial score (nSPS) is 14.3. The summed E-state index contributed by atoms with van der Waals surface area (Å²) in [7, 11) is 0. The van der Waals surface area contributed by atoms with Gasteiger partial charge in [0.1, 0.15) is 12.2 Å². The van der Waals surface area contributed by atoms with E-state index < -0.39 is 11.7 Å². The molecule has 0 atom stereocenters. The molecule has 1 aliphatic heterocycles. The lowest BCUT2D eigenvalue weighted by atomic mass is 10.1. The van der Waals surface area contributed by atoms with Crippen molar-refractivity contribution in [2.24, 2.45) is 0 Å². The first-order valence-electron chi connectivity index (χ1n) is 11.2. The van der Waals surface area contributed by atoms with E-state index in [1.165, 1.54) is 0 Å². The summed E-state index contributed by atoms with van der Waals surface area (Å²) >= 11 is 0. The fraction of sp³-hybridized carbons (Fsp3) is 0.385. The summed E-state index contributed by atoms with van der Waals surface area (Å²) in [5.41, 5.74) is 2.65. The zero-order valence-electron chi connectivity index (χ0n) is 19.6. The number of carbonyl (C=O) groups is 2. The largest absolute Gasteiger partial charge is 0.445 e. The maximum atomic E-state index is 12.2. The molecule has 7 nitrogen and oxygen atoms in total. The van der Waals surface area contributed by atoms with Gasteiger partial charge in [0.25, 0.3) is 0 Å². The van der Waals surface area contributed by atoms with E-state index >= 15 is 0 Å². The van der Waals surface area contributed by atoms with E-state index in [0.29, 0.717) is 19.6 Å². The van der Waals surface area contributed by atoms with E-state index in [9.17, 15) is 9.59 Å². The van der Waals surface area contributed by atoms with Crippen LogP contribution in [-0.4, -0.2) is 55.4 Å². The molecule has 2 aromatic rings. The Hall–Kier alpha value is -3.48. The molecule has 0 unspecified atom stereocenters. The minimum Gasteiger partial charge on any atom is -0.445 e. The second-order valence-corrected chi connectivity index (χ2v) is 8.89. The van der Waals surface area contributed by atoms with Crippen LogP contribution >= 0.6 is 0 Å². The van der Waals surface area contributed by atoms with E-state index in [1.807, 2.05) is 75.4 Å². The fourth-order valence-corrected chi connectivity index (χ4v) is 3.38. The predicted octanol–water partition coefficient (Wildman–Crippen LogP) is 4.68. The Bertz CT molecular complexity index is 928. The molecule has 0 spiro atoms. The Morgan fingerprint density at radius 1 is 0.970 bits per heavy atom. The molecule has 1 aliphatic rings. The van der Waals surface area contributed by atoms with E-state index in [-0.39, 0.29) is 12.7 Å². The van der Waals surface area contributed by atoms with Crippen LogP contribution in [0.5, 0.6) is 0 Å². The topological polar surface area (TPSA) is 71.1 Å². The number of nitrogens with one attached hydrogen (secondary N) is 1. The Morgan fingerprint density at radius 3 is 2.27 bits per heavy atom. The van der Waals surface area contributed by atoms with Crippen LogP contribution in [0.1, 0.15) is 31.9 Å². The molecule has 0 aromatic heterocycles. The van der Waals surface area contributed by atoms with Gasteiger partial charge in [0.2, 0.25) is 0 Å². The van der Waals surface area contributed by atoms with Gasteiger partial charge in [-0.25, -0.2) is 9.59 Å². The number of nitrogens with zero attached hydrogens (tertiary/aromatic N) is 2. The van der Waals surface area contributed by atoms with Crippen molar-refractivity contribution < 1.29 is 19.1 Å². The van der Waals surface area contributed by atoms with Crippen molar-refractivity contribution >= 4 is 23.9 Å². The van der Waals surface area contributed by atoms with Gasteiger partial charge in [-0.2, -0.15) is 0 Å². The number of rotatable bonds is 6. The Morgan fingerprint density at radius 2 is 1.64 bits per heavy atom. The number of piperazine rings is 1. The first kappa shape index (κ1) is 24.2. The molecule has 1 fully saturated rings. The van der Waals surface area contributed by atoms with Crippen molar-refractivity contribution in [3.63, 3.8) is 0 Å². The summed E-state index contributed by atoms with van der Waals surface area (Å²) in [5, 5.41) is 2.71. The molecule has 1 heterocycles. The quantitative estimate of drug-likeness (QED) is 0.690. The summed E-state index contributed by atoms with van der Waals surface area (Å²) in [4.78, 5) is 28.0. The molecule has 0 bridgehead atoms. The van der Waals surface area contributed by atoms with Crippen LogP contribution in [0.4, 0.5) is 15.3 Å². The van der Waals surface area contributed by atoms with Crippen molar-refractivity contribution in [1.82, 2.24) is 10.2 Å². The summed E-state index contributed by atoms with van der Waals surface area (Å²) in [6.07, 6.45) is 3.16. The van der Waals surface area contributed by atoms with Crippen LogP contribution < -0.4 is 10.2 Å². The third-order valence-corrected chi connectivity index (χ3v) is 5.08. The number of alkyl carbamates (subject to hydrolysis) is 1. The first-order chi connectivity index (χ1) is 15.8. The highest BCUT2D eigenvalue weighted by Crippen LogP contribution is 2.19.